The van der Waals surface area contributed by atoms with E-state index in [0.29, 0.717) is 38.4 Å². The normalized spacial score (nSPS) is 29.5. The molecule has 2 atom stereocenters. The van der Waals surface area contributed by atoms with Crippen LogP contribution in [0.4, 0.5) is 0 Å². The number of piperidine rings is 1. The molecule has 7 nitrogen and oxygen atoms in total. The SMILES string of the molecule is NCC1CCCC1NC(=O)C1CCN(S(N)(=O)=O)CC1. The molecule has 2 unspecified atom stereocenters. The summed E-state index contributed by atoms with van der Waals surface area (Å²) in [5, 5.41) is 8.17. The Balaban J connectivity index is 1.83. The van der Waals surface area contributed by atoms with Crippen molar-refractivity contribution in [3.8, 4) is 0 Å². The molecule has 2 fully saturated rings. The van der Waals surface area contributed by atoms with Crippen molar-refractivity contribution in [3.63, 3.8) is 0 Å². The van der Waals surface area contributed by atoms with Gasteiger partial charge in [-0.15, -0.1) is 0 Å². The minimum atomic E-state index is -3.63. The van der Waals surface area contributed by atoms with E-state index in [2.05, 4.69) is 5.32 Å². The second-order valence-electron chi connectivity index (χ2n) is 5.76. The van der Waals surface area contributed by atoms with E-state index in [0.717, 1.165) is 19.3 Å². The van der Waals surface area contributed by atoms with Crippen molar-refractivity contribution in [2.24, 2.45) is 22.7 Å². The Hall–Kier alpha value is -0.700. The van der Waals surface area contributed by atoms with E-state index in [-0.39, 0.29) is 17.9 Å². The van der Waals surface area contributed by atoms with Crippen LogP contribution in [0.1, 0.15) is 32.1 Å². The van der Waals surface area contributed by atoms with Gasteiger partial charge in [-0.05, 0) is 38.1 Å². The van der Waals surface area contributed by atoms with E-state index < -0.39 is 10.2 Å². The van der Waals surface area contributed by atoms with Gasteiger partial charge in [0, 0.05) is 25.0 Å². The zero-order valence-electron chi connectivity index (χ0n) is 11.6. The van der Waals surface area contributed by atoms with Gasteiger partial charge in [-0.3, -0.25) is 4.79 Å². The lowest BCUT2D eigenvalue weighted by atomic mass is 9.95. The van der Waals surface area contributed by atoms with Gasteiger partial charge in [0.2, 0.25) is 5.91 Å². The van der Waals surface area contributed by atoms with Gasteiger partial charge in [0.25, 0.3) is 10.2 Å². The molecule has 8 heteroatoms. The Kier molecular flexibility index (Phi) is 5.00. The van der Waals surface area contributed by atoms with Crippen LogP contribution in [0, 0.1) is 11.8 Å². The van der Waals surface area contributed by atoms with Crippen LogP contribution in [-0.4, -0.2) is 44.3 Å². The number of carbonyl (C=O) groups is 1. The third-order valence-corrected chi connectivity index (χ3v) is 5.56. The summed E-state index contributed by atoms with van der Waals surface area (Å²) in [6.45, 7) is 1.25. The Bertz CT molecular complexity index is 446. The Morgan fingerprint density at radius 2 is 1.85 bits per heavy atom. The molecule has 1 aliphatic heterocycles. The topological polar surface area (TPSA) is 119 Å². The molecule has 1 heterocycles. The summed E-state index contributed by atoms with van der Waals surface area (Å²) in [7, 11) is -3.63. The van der Waals surface area contributed by atoms with Crippen LogP contribution >= 0.6 is 0 Å². The first-order valence-electron chi connectivity index (χ1n) is 7.20. The highest BCUT2D eigenvalue weighted by Crippen LogP contribution is 2.26. The average molecular weight is 304 g/mol. The van der Waals surface area contributed by atoms with Gasteiger partial charge in [-0.1, -0.05) is 6.42 Å². The zero-order chi connectivity index (χ0) is 14.8. The van der Waals surface area contributed by atoms with Gasteiger partial charge in [0.05, 0.1) is 0 Å². The van der Waals surface area contributed by atoms with Crippen LogP contribution in [0.25, 0.3) is 0 Å². The van der Waals surface area contributed by atoms with Crippen LogP contribution in [0.3, 0.4) is 0 Å². The third-order valence-electron chi connectivity index (χ3n) is 4.47. The van der Waals surface area contributed by atoms with Gasteiger partial charge >= 0.3 is 0 Å². The fourth-order valence-corrected chi connectivity index (χ4v) is 3.90. The van der Waals surface area contributed by atoms with Crippen molar-refractivity contribution in [2.45, 2.75) is 38.1 Å². The number of rotatable bonds is 4. The van der Waals surface area contributed by atoms with E-state index in [1.807, 2.05) is 0 Å². The van der Waals surface area contributed by atoms with Gasteiger partial charge in [0.15, 0.2) is 0 Å². The fraction of sp³-hybridized carbons (Fsp3) is 0.917. The minimum absolute atomic E-state index is 0.0319. The molecule has 0 radical (unpaired) electrons. The van der Waals surface area contributed by atoms with E-state index >= 15 is 0 Å². The van der Waals surface area contributed by atoms with Crippen LogP contribution < -0.4 is 16.2 Å². The monoisotopic (exact) mass is 304 g/mol. The van der Waals surface area contributed by atoms with Crippen LogP contribution in [0.2, 0.25) is 0 Å². The molecule has 1 aliphatic carbocycles. The molecule has 5 N–H and O–H groups in total. The quantitative estimate of drug-likeness (QED) is 0.626. The molecular formula is C12H24N4O3S. The number of amides is 1. The summed E-state index contributed by atoms with van der Waals surface area (Å²) in [4.78, 5) is 12.2. The predicted molar refractivity (Wildman–Crippen MR) is 75.7 cm³/mol. The lowest BCUT2D eigenvalue weighted by Gasteiger charge is -2.30. The maximum Gasteiger partial charge on any atom is 0.276 e. The van der Waals surface area contributed by atoms with Crippen molar-refractivity contribution < 1.29 is 13.2 Å². The van der Waals surface area contributed by atoms with E-state index in [1.165, 1.54) is 4.31 Å². The molecule has 0 bridgehead atoms. The summed E-state index contributed by atoms with van der Waals surface area (Å²) in [6, 6.07) is 0.184. The molecule has 1 saturated heterocycles. The van der Waals surface area contributed by atoms with Crippen LogP contribution in [-0.2, 0) is 15.0 Å². The predicted octanol–water partition coefficient (Wildman–Crippen LogP) is -0.854. The zero-order valence-corrected chi connectivity index (χ0v) is 12.4. The molecule has 2 aliphatic rings. The highest BCUT2D eigenvalue weighted by atomic mass is 32.2. The number of hydrogen-bond acceptors (Lipinski definition) is 4. The Labute approximate surface area is 120 Å². The first-order valence-corrected chi connectivity index (χ1v) is 8.70. The summed E-state index contributed by atoms with van der Waals surface area (Å²) < 4.78 is 23.7. The van der Waals surface area contributed by atoms with Gasteiger partial charge < -0.3 is 11.1 Å². The Morgan fingerprint density at radius 1 is 1.20 bits per heavy atom. The van der Waals surface area contributed by atoms with Crippen LogP contribution in [0.15, 0.2) is 0 Å². The van der Waals surface area contributed by atoms with Gasteiger partial charge in [-0.2, -0.15) is 12.7 Å². The summed E-state index contributed by atoms with van der Waals surface area (Å²) in [6.07, 6.45) is 4.23. The molecule has 20 heavy (non-hydrogen) atoms. The maximum absolute atomic E-state index is 12.2. The van der Waals surface area contributed by atoms with Gasteiger partial charge in [0.1, 0.15) is 0 Å². The van der Waals surface area contributed by atoms with Crippen molar-refractivity contribution in [2.75, 3.05) is 19.6 Å². The molecule has 1 saturated carbocycles. The molecular weight excluding hydrogens is 280 g/mol. The molecule has 0 aromatic carbocycles. The minimum Gasteiger partial charge on any atom is -0.353 e. The summed E-state index contributed by atoms with van der Waals surface area (Å²) >= 11 is 0. The average Bonchev–Trinajstić information content (AvgIpc) is 2.85. The fourth-order valence-electron chi connectivity index (χ4n) is 3.18. The van der Waals surface area contributed by atoms with Crippen molar-refractivity contribution in [1.82, 2.24) is 9.62 Å². The number of nitrogens with two attached hydrogens (primary N) is 2. The summed E-state index contributed by atoms with van der Waals surface area (Å²) in [5.41, 5.74) is 5.71. The number of nitrogens with one attached hydrogen (secondary N) is 1. The number of carbonyl (C=O) groups excluding carboxylic acids is 1. The summed E-state index contributed by atoms with van der Waals surface area (Å²) in [5.74, 6) is 0.292. The van der Waals surface area contributed by atoms with E-state index in [9.17, 15) is 13.2 Å². The van der Waals surface area contributed by atoms with Crippen LogP contribution in [0.5, 0.6) is 0 Å². The highest BCUT2D eigenvalue weighted by molar-refractivity contribution is 7.86. The Morgan fingerprint density at radius 3 is 2.40 bits per heavy atom. The molecule has 116 valence electrons. The van der Waals surface area contributed by atoms with Crippen molar-refractivity contribution >= 4 is 16.1 Å². The van der Waals surface area contributed by atoms with Gasteiger partial charge in [-0.25, -0.2) is 5.14 Å². The lowest BCUT2D eigenvalue weighted by molar-refractivity contribution is -0.127. The third kappa shape index (κ3) is 3.69. The van der Waals surface area contributed by atoms with E-state index in [4.69, 9.17) is 10.9 Å². The smallest absolute Gasteiger partial charge is 0.276 e. The highest BCUT2D eigenvalue weighted by Gasteiger charge is 2.32. The standard InChI is InChI=1S/C12H24N4O3S/c13-8-10-2-1-3-11(10)15-12(17)9-4-6-16(7-5-9)20(14,18)19/h9-11H,1-8,13H2,(H,15,17)(H2,14,18,19). The van der Waals surface area contributed by atoms with Crippen molar-refractivity contribution in [1.29, 1.82) is 0 Å². The number of hydrogen-bond donors (Lipinski definition) is 3. The lowest BCUT2D eigenvalue weighted by Crippen LogP contribution is -2.48. The van der Waals surface area contributed by atoms with Crippen molar-refractivity contribution in [3.05, 3.63) is 0 Å². The largest absolute Gasteiger partial charge is 0.353 e. The second kappa shape index (κ2) is 6.38. The molecule has 0 aromatic heterocycles. The molecule has 0 spiro atoms. The first-order chi connectivity index (χ1) is 9.41. The van der Waals surface area contributed by atoms with E-state index in [1.54, 1.807) is 0 Å². The maximum atomic E-state index is 12.2. The molecule has 1 amide bonds. The number of nitrogens with zero attached hydrogens (tertiary/aromatic N) is 1. The first kappa shape index (κ1) is 15.7. The second-order valence-corrected chi connectivity index (χ2v) is 7.31. The molecule has 2 rings (SSSR count). The molecule has 0 aromatic rings.